The zero-order chi connectivity index (χ0) is 17.1. The summed E-state index contributed by atoms with van der Waals surface area (Å²) in [7, 11) is 0. The number of nitrogens with one attached hydrogen (secondary N) is 1. The van der Waals surface area contributed by atoms with Crippen LogP contribution in [0.4, 0.5) is 0 Å². The fourth-order valence-corrected chi connectivity index (χ4v) is 3.01. The molecule has 1 heterocycles. The first-order valence-electron chi connectivity index (χ1n) is 7.11. The fourth-order valence-electron chi connectivity index (χ4n) is 2.18. The first kappa shape index (κ1) is 17.3. The van der Waals surface area contributed by atoms with Crippen molar-refractivity contribution in [3.8, 4) is 11.3 Å². The second-order valence-electron chi connectivity index (χ2n) is 5.08. The summed E-state index contributed by atoms with van der Waals surface area (Å²) in [5.74, 6) is 1.18. The van der Waals surface area contributed by atoms with Crippen molar-refractivity contribution in [3.63, 3.8) is 0 Å². The van der Waals surface area contributed by atoms with Gasteiger partial charge in [-0.2, -0.15) is 0 Å². The van der Waals surface area contributed by atoms with E-state index in [4.69, 9.17) is 16.0 Å². The molecule has 3 rings (SSSR count). The standard InChI is InChI=1S/C18H12Br2ClNO2/c19-12-3-1-11(2-4-12)17-8-6-14(24-17)10-22-18(23)15-9-13(20)5-7-16(15)21/h1-9H,10H2,(H,22,23). The molecule has 0 bridgehead atoms. The molecule has 6 heteroatoms. The number of carbonyl (C=O) groups excluding carboxylic acids is 1. The van der Waals surface area contributed by atoms with Gasteiger partial charge in [-0.25, -0.2) is 0 Å². The normalized spacial score (nSPS) is 10.6. The molecule has 0 unspecified atom stereocenters. The van der Waals surface area contributed by atoms with E-state index in [2.05, 4.69) is 37.2 Å². The van der Waals surface area contributed by atoms with Crippen LogP contribution in [0.1, 0.15) is 16.1 Å². The first-order chi connectivity index (χ1) is 11.5. The number of benzene rings is 2. The Labute approximate surface area is 161 Å². The van der Waals surface area contributed by atoms with Crippen molar-refractivity contribution >= 4 is 49.4 Å². The van der Waals surface area contributed by atoms with Crippen LogP contribution in [0.25, 0.3) is 11.3 Å². The summed E-state index contributed by atoms with van der Waals surface area (Å²) in [4.78, 5) is 12.2. The Morgan fingerprint density at radius 1 is 1.00 bits per heavy atom. The van der Waals surface area contributed by atoms with Crippen molar-refractivity contribution in [2.45, 2.75) is 6.54 Å². The van der Waals surface area contributed by atoms with Crippen LogP contribution in [0.2, 0.25) is 5.02 Å². The molecule has 1 aromatic heterocycles. The topological polar surface area (TPSA) is 42.2 Å². The zero-order valence-electron chi connectivity index (χ0n) is 12.4. The molecule has 0 aliphatic carbocycles. The van der Waals surface area contributed by atoms with Gasteiger partial charge in [0.15, 0.2) is 0 Å². The largest absolute Gasteiger partial charge is 0.459 e. The van der Waals surface area contributed by atoms with Gasteiger partial charge in [-0.3, -0.25) is 4.79 Å². The zero-order valence-corrected chi connectivity index (χ0v) is 16.3. The number of hydrogen-bond acceptors (Lipinski definition) is 2. The maximum Gasteiger partial charge on any atom is 0.253 e. The van der Waals surface area contributed by atoms with E-state index in [-0.39, 0.29) is 12.5 Å². The van der Waals surface area contributed by atoms with E-state index in [0.717, 1.165) is 20.3 Å². The minimum absolute atomic E-state index is 0.247. The molecule has 0 spiro atoms. The molecule has 0 saturated carbocycles. The van der Waals surface area contributed by atoms with E-state index < -0.39 is 0 Å². The van der Waals surface area contributed by atoms with E-state index >= 15 is 0 Å². The van der Waals surface area contributed by atoms with Crippen molar-refractivity contribution in [1.29, 1.82) is 0 Å². The summed E-state index contributed by atoms with van der Waals surface area (Å²) in [6.45, 7) is 0.290. The summed E-state index contributed by atoms with van der Waals surface area (Å²) in [5, 5.41) is 3.22. The minimum atomic E-state index is -0.247. The highest BCUT2D eigenvalue weighted by Gasteiger charge is 2.12. The molecule has 24 heavy (non-hydrogen) atoms. The maximum atomic E-state index is 12.2. The van der Waals surface area contributed by atoms with Crippen molar-refractivity contribution in [3.05, 3.63) is 79.9 Å². The molecule has 3 nitrogen and oxygen atoms in total. The highest BCUT2D eigenvalue weighted by molar-refractivity contribution is 9.10. The van der Waals surface area contributed by atoms with Crippen LogP contribution < -0.4 is 5.32 Å². The van der Waals surface area contributed by atoms with Crippen molar-refractivity contribution in [1.82, 2.24) is 5.32 Å². The van der Waals surface area contributed by atoms with Gasteiger partial charge in [0.05, 0.1) is 17.1 Å². The molecule has 122 valence electrons. The van der Waals surface area contributed by atoms with E-state index in [1.807, 2.05) is 36.4 Å². The summed E-state index contributed by atoms with van der Waals surface area (Å²) >= 11 is 12.8. The summed E-state index contributed by atoms with van der Waals surface area (Å²) in [6, 6.07) is 16.7. The Balaban J connectivity index is 1.68. The predicted octanol–water partition coefficient (Wildman–Crippen LogP) is 6.06. The molecule has 1 amide bonds. The van der Waals surface area contributed by atoms with Gasteiger partial charge in [-0.1, -0.05) is 55.6 Å². The Kier molecular flexibility index (Phi) is 5.43. The second kappa shape index (κ2) is 7.55. The fraction of sp³-hybridized carbons (Fsp3) is 0.0556. The molecule has 3 aromatic rings. The number of amides is 1. The Bertz CT molecular complexity index is 875. The van der Waals surface area contributed by atoms with Gasteiger partial charge in [0.25, 0.3) is 5.91 Å². The first-order valence-corrected chi connectivity index (χ1v) is 9.07. The molecule has 0 atom stereocenters. The van der Waals surface area contributed by atoms with E-state index in [0.29, 0.717) is 16.3 Å². The highest BCUT2D eigenvalue weighted by atomic mass is 79.9. The van der Waals surface area contributed by atoms with Crippen LogP contribution in [0, 0.1) is 0 Å². The van der Waals surface area contributed by atoms with Crippen molar-refractivity contribution < 1.29 is 9.21 Å². The quantitative estimate of drug-likeness (QED) is 0.505. The Morgan fingerprint density at radius 3 is 2.46 bits per heavy atom. The summed E-state index contributed by atoms with van der Waals surface area (Å²) in [6.07, 6.45) is 0. The van der Waals surface area contributed by atoms with Gasteiger partial charge in [-0.15, -0.1) is 0 Å². The lowest BCUT2D eigenvalue weighted by molar-refractivity contribution is 0.0948. The summed E-state index contributed by atoms with van der Waals surface area (Å²) < 4.78 is 7.59. The lowest BCUT2D eigenvalue weighted by atomic mass is 10.2. The lowest BCUT2D eigenvalue weighted by Crippen LogP contribution is -2.22. The number of furan rings is 1. The van der Waals surface area contributed by atoms with Gasteiger partial charge >= 0.3 is 0 Å². The third kappa shape index (κ3) is 4.09. The number of hydrogen-bond donors (Lipinski definition) is 1. The van der Waals surface area contributed by atoms with E-state index in [1.165, 1.54) is 0 Å². The lowest BCUT2D eigenvalue weighted by Gasteiger charge is -2.06. The second-order valence-corrected chi connectivity index (χ2v) is 7.32. The van der Waals surface area contributed by atoms with Gasteiger partial charge in [0, 0.05) is 14.5 Å². The molecule has 0 radical (unpaired) electrons. The monoisotopic (exact) mass is 467 g/mol. The molecule has 0 fully saturated rings. The van der Waals surface area contributed by atoms with E-state index in [9.17, 15) is 4.79 Å². The van der Waals surface area contributed by atoms with Crippen LogP contribution in [-0.2, 0) is 6.54 Å². The molecule has 1 N–H and O–H groups in total. The van der Waals surface area contributed by atoms with Crippen molar-refractivity contribution in [2.75, 3.05) is 0 Å². The van der Waals surface area contributed by atoms with Crippen LogP contribution in [0.5, 0.6) is 0 Å². The van der Waals surface area contributed by atoms with Crippen LogP contribution >= 0.6 is 43.5 Å². The molecule has 0 aliphatic rings. The number of rotatable bonds is 4. The van der Waals surface area contributed by atoms with Gasteiger partial charge < -0.3 is 9.73 Å². The summed E-state index contributed by atoms with van der Waals surface area (Å²) in [5.41, 5.74) is 1.40. The molecule has 2 aromatic carbocycles. The van der Waals surface area contributed by atoms with Gasteiger partial charge in [-0.05, 0) is 42.5 Å². The highest BCUT2D eigenvalue weighted by Crippen LogP contribution is 2.24. The number of halogens is 3. The van der Waals surface area contributed by atoms with Crippen LogP contribution in [-0.4, -0.2) is 5.91 Å². The average molecular weight is 470 g/mol. The third-order valence-electron chi connectivity index (χ3n) is 3.39. The SMILES string of the molecule is O=C(NCc1ccc(-c2ccc(Br)cc2)o1)c1cc(Br)ccc1Cl. The number of carbonyl (C=O) groups is 1. The Hall–Kier alpha value is -1.56. The smallest absolute Gasteiger partial charge is 0.253 e. The molecule has 0 saturated heterocycles. The molecular formula is C18H12Br2ClNO2. The molecular weight excluding hydrogens is 457 g/mol. The van der Waals surface area contributed by atoms with Gasteiger partial charge in [0.2, 0.25) is 0 Å². The predicted molar refractivity (Wildman–Crippen MR) is 102 cm³/mol. The Morgan fingerprint density at radius 2 is 1.71 bits per heavy atom. The van der Waals surface area contributed by atoms with Crippen LogP contribution in [0.3, 0.4) is 0 Å². The van der Waals surface area contributed by atoms with E-state index in [1.54, 1.807) is 18.2 Å². The molecule has 0 aliphatic heterocycles. The van der Waals surface area contributed by atoms with Crippen molar-refractivity contribution in [2.24, 2.45) is 0 Å². The average Bonchev–Trinajstić information content (AvgIpc) is 3.04. The van der Waals surface area contributed by atoms with Gasteiger partial charge in [0.1, 0.15) is 11.5 Å². The minimum Gasteiger partial charge on any atom is -0.459 e. The maximum absolute atomic E-state index is 12.2. The third-order valence-corrected chi connectivity index (χ3v) is 4.74. The van der Waals surface area contributed by atoms with Crippen LogP contribution in [0.15, 0.2) is 68.0 Å².